The third kappa shape index (κ3) is 2.62. The van der Waals surface area contributed by atoms with Crippen molar-refractivity contribution in [1.29, 1.82) is 0 Å². The highest BCUT2D eigenvalue weighted by Gasteiger charge is 2.40. The molecule has 0 radical (unpaired) electrons. The maximum atomic E-state index is 11.9. The molecule has 5 atom stereocenters. The van der Waals surface area contributed by atoms with Gasteiger partial charge >= 0.3 is 0 Å². The minimum absolute atomic E-state index is 0.337. The Kier molecular flexibility index (Phi) is 3.99. The van der Waals surface area contributed by atoms with Crippen molar-refractivity contribution < 1.29 is 4.79 Å². The fraction of sp³-hybridized carbons (Fsp3) is 0.545. The van der Waals surface area contributed by atoms with Crippen LogP contribution in [-0.4, -0.2) is 5.78 Å². The summed E-state index contributed by atoms with van der Waals surface area (Å²) in [5.41, 5.74) is 6.51. The van der Waals surface area contributed by atoms with Gasteiger partial charge in [0.1, 0.15) is 5.78 Å². The Bertz CT molecular complexity index is 653. The molecule has 0 spiro atoms. The smallest absolute Gasteiger partial charge is 0.133 e. The second-order valence-corrected chi connectivity index (χ2v) is 7.66. The molecule has 0 amide bonds. The van der Waals surface area contributed by atoms with E-state index in [2.05, 4.69) is 42.2 Å². The molecule has 1 heteroatoms. The normalized spacial score (nSPS) is 37.3. The fourth-order valence-electron chi connectivity index (χ4n) is 5.43. The molecule has 4 aliphatic rings. The fourth-order valence-corrected chi connectivity index (χ4v) is 5.43. The molecule has 0 heterocycles. The second kappa shape index (κ2) is 6.13. The van der Waals surface area contributed by atoms with Gasteiger partial charge in [0.2, 0.25) is 0 Å². The van der Waals surface area contributed by atoms with E-state index >= 15 is 0 Å². The second-order valence-electron chi connectivity index (χ2n) is 7.66. The first kappa shape index (κ1) is 15.0. The molecule has 0 N–H and O–H groups in total. The molecule has 0 aromatic carbocycles. The van der Waals surface area contributed by atoms with Crippen LogP contribution in [0.3, 0.4) is 0 Å². The molecule has 4 aliphatic carbocycles. The third-order valence-electron chi connectivity index (χ3n) is 6.52. The standard InChI is InChI=1S/C22H26O/c1-15(23)17-12-6-7-16(17)13-14-22-20-10-4-2-8-18(20)19-9-3-5-11-21(19)22/h2-4,8,10-11,16-18,20,22H,6-7,9,12-14H2,1H3. The molecule has 1 saturated carbocycles. The highest BCUT2D eigenvalue weighted by Crippen LogP contribution is 2.50. The molecule has 120 valence electrons. The van der Waals surface area contributed by atoms with Gasteiger partial charge in [0.25, 0.3) is 0 Å². The first-order chi connectivity index (χ1) is 11.3. The largest absolute Gasteiger partial charge is 0.300 e. The van der Waals surface area contributed by atoms with Gasteiger partial charge in [-0.2, -0.15) is 0 Å². The average molecular weight is 306 g/mol. The lowest BCUT2D eigenvalue weighted by molar-refractivity contribution is -0.121. The summed E-state index contributed by atoms with van der Waals surface area (Å²) < 4.78 is 0. The van der Waals surface area contributed by atoms with Crippen molar-refractivity contribution in [2.24, 2.45) is 29.6 Å². The number of allylic oxidation sites excluding steroid dienone is 7. The van der Waals surface area contributed by atoms with E-state index in [4.69, 9.17) is 0 Å². The van der Waals surface area contributed by atoms with Gasteiger partial charge in [-0.1, -0.05) is 36.3 Å². The Morgan fingerprint density at radius 1 is 1.22 bits per heavy atom. The number of hydrogen-bond acceptors (Lipinski definition) is 1. The van der Waals surface area contributed by atoms with Crippen LogP contribution in [0, 0.1) is 29.6 Å². The van der Waals surface area contributed by atoms with Gasteiger partial charge in [0.05, 0.1) is 0 Å². The van der Waals surface area contributed by atoms with Gasteiger partial charge < -0.3 is 0 Å². The summed E-state index contributed by atoms with van der Waals surface area (Å²) in [4.78, 5) is 11.9. The lowest BCUT2D eigenvalue weighted by Gasteiger charge is -2.26. The minimum Gasteiger partial charge on any atom is -0.300 e. The molecule has 23 heavy (non-hydrogen) atoms. The quantitative estimate of drug-likeness (QED) is 0.655. The van der Waals surface area contributed by atoms with Crippen LogP contribution >= 0.6 is 0 Å². The van der Waals surface area contributed by atoms with Crippen molar-refractivity contribution in [3.63, 3.8) is 0 Å². The van der Waals surface area contributed by atoms with E-state index in [9.17, 15) is 4.79 Å². The molecule has 0 aromatic rings. The molecular formula is C22H26O. The van der Waals surface area contributed by atoms with E-state index in [1.807, 2.05) is 0 Å². The molecule has 1 fully saturated rings. The van der Waals surface area contributed by atoms with E-state index in [-0.39, 0.29) is 0 Å². The molecule has 0 saturated heterocycles. The van der Waals surface area contributed by atoms with Crippen molar-refractivity contribution in [2.75, 3.05) is 0 Å². The molecule has 5 unspecified atom stereocenters. The van der Waals surface area contributed by atoms with Gasteiger partial charge in [-0.15, -0.1) is 5.73 Å². The van der Waals surface area contributed by atoms with E-state index in [0.717, 1.165) is 12.8 Å². The highest BCUT2D eigenvalue weighted by atomic mass is 16.1. The molecular weight excluding hydrogens is 280 g/mol. The Morgan fingerprint density at radius 2 is 2.09 bits per heavy atom. The van der Waals surface area contributed by atoms with E-state index in [1.54, 1.807) is 18.1 Å². The van der Waals surface area contributed by atoms with Crippen LogP contribution in [0.5, 0.6) is 0 Å². The summed E-state index contributed by atoms with van der Waals surface area (Å²) in [7, 11) is 0. The number of carbonyl (C=O) groups is 1. The van der Waals surface area contributed by atoms with E-state index in [0.29, 0.717) is 35.4 Å². The van der Waals surface area contributed by atoms with Crippen LogP contribution in [0.15, 0.2) is 53.3 Å². The number of rotatable bonds is 4. The zero-order valence-corrected chi connectivity index (χ0v) is 14.0. The number of fused-ring (bicyclic) bond motifs is 2. The van der Waals surface area contributed by atoms with Crippen molar-refractivity contribution >= 4 is 5.78 Å². The topological polar surface area (TPSA) is 17.1 Å². The maximum Gasteiger partial charge on any atom is 0.133 e. The molecule has 0 bridgehead atoms. The molecule has 0 aliphatic heterocycles. The first-order valence-corrected chi connectivity index (χ1v) is 9.25. The third-order valence-corrected chi connectivity index (χ3v) is 6.52. The van der Waals surface area contributed by atoms with E-state index < -0.39 is 0 Å². The maximum absolute atomic E-state index is 11.9. The zero-order valence-electron chi connectivity index (χ0n) is 14.0. The SMILES string of the molecule is CC(=O)C1CCCC1CCC1C2=C(CC=C=C2)C2C=CC=CC21. The highest BCUT2D eigenvalue weighted by molar-refractivity contribution is 5.78. The summed E-state index contributed by atoms with van der Waals surface area (Å²) >= 11 is 0. The number of Topliss-reactive ketones (excluding diaryl/α,β-unsaturated/α-hetero) is 1. The number of carbonyl (C=O) groups excluding carboxylic acids is 1. The predicted octanol–water partition coefficient (Wildman–Crippen LogP) is 5.17. The lowest BCUT2D eigenvalue weighted by atomic mass is 9.78. The monoisotopic (exact) mass is 306 g/mol. The first-order valence-electron chi connectivity index (χ1n) is 9.25. The number of ketones is 1. The van der Waals surface area contributed by atoms with Gasteiger partial charge in [0, 0.05) is 11.8 Å². The summed E-state index contributed by atoms with van der Waals surface area (Å²) in [5, 5.41) is 0. The van der Waals surface area contributed by atoms with Crippen LogP contribution in [-0.2, 0) is 4.79 Å². The zero-order chi connectivity index (χ0) is 15.8. The Labute approximate surface area is 139 Å². The van der Waals surface area contributed by atoms with Crippen molar-refractivity contribution in [3.8, 4) is 0 Å². The van der Waals surface area contributed by atoms with Gasteiger partial charge in [-0.25, -0.2) is 0 Å². The minimum atomic E-state index is 0.337. The summed E-state index contributed by atoms with van der Waals surface area (Å²) in [6, 6.07) is 0. The van der Waals surface area contributed by atoms with Crippen LogP contribution in [0.1, 0.15) is 45.4 Å². The van der Waals surface area contributed by atoms with Crippen molar-refractivity contribution in [1.82, 2.24) is 0 Å². The van der Waals surface area contributed by atoms with Crippen LogP contribution in [0.25, 0.3) is 0 Å². The van der Waals surface area contributed by atoms with Crippen molar-refractivity contribution in [2.45, 2.75) is 45.4 Å². The molecule has 0 aromatic heterocycles. The van der Waals surface area contributed by atoms with Gasteiger partial charge in [-0.3, -0.25) is 4.79 Å². The Morgan fingerprint density at radius 3 is 2.96 bits per heavy atom. The Balaban J connectivity index is 1.51. The van der Waals surface area contributed by atoms with Gasteiger partial charge in [-0.05, 0) is 74.5 Å². The number of hydrogen-bond donors (Lipinski definition) is 0. The summed E-state index contributed by atoms with van der Waals surface area (Å²) in [6.07, 6.45) is 20.8. The van der Waals surface area contributed by atoms with Gasteiger partial charge in [0.15, 0.2) is 0 Å². The van der Waals surface area contributed by atoms with Crippen LogP contribution in [0.4, 0.5) is 0 Å². The summed E-state index contributed by atoms with van der Waals surface area (Å²) in [6.45, 7) is 1.79. The predicted molar refractivity (Wildman–Crippen MR) is 93.8 cm³/mol. The average Bonchev–Trinajstić information content (AvgIpc) is 3.16. The van der Waals surface area contributed by atoms with Crippen LogP contribution in [0.2, 0.25) is 0 Å². The molecule has 1 nitrogen and oxygen atoms in total. The van der Waals surface area contributed by atoms with E-state index in [1.165, 1.54) is 25.7 Å². The summed E-state index contributed by atoms with van der Waals surface area (Å²) in [5.74, 6) is 3.24. The van der Waals surface area contributed by atoms with Crippen LogP contribution < -0.4 is 0 Å². The molecule has 4 rings (SSSR count). The van der Waals surface area contributed by atoms with Crippen molar-refractivity contribution in [3.05, 3.63) is 53.3 Å². The lowest BCUT2D eigenvalue weighted by Crippen LogP contribution is -2.20. The Hall–Kier alpha value is -1.59.